The zero-order valence-corrected chi connectivity index (χ0v) is 12.0. The van der Waals surface area contributed by atoms with Gasteiger partial charge in [0.25, 0.3) is 5.91 Å². The molecule has 1 aromatic heterocycles. The van der Waals surface area contributed by atoms with Crippen LogP contribution < -0.4 is 11.1 Å². The topological polar surface area (TPSA) is 71.2 Å². The molecule has 1 unspecified atom stereocenters. The normalized spacial score (nSPS) is 12.0. The largest absolute Gasteiger partial charge is 0.385 e. The van der Waals surface area contributed by atoms with Crippen molar-refractivity contribution in [3.63, 3.8) is 0 Å². The number of amides is 1. The first kappa shape index (κ1) is 15.4. The van der Waals surface area contributed by atoms with Crippen molar-refractivity contribution in [3.8, 4) is 0 Å². The van der Waals surface area contributed by atoms with Gasteiger partial charge in [0.2, 0.25) is 0 Å². The molecule has 1 atom stereocenters. The maximum atomic E-state index is 11.8. The lowest BCUT2D eigenvalue weighted by molar-refractivity contribution is 0.0822. The van der Waals surface area contributed by atoms with Gasteiger partial charge < -0.3 is 16.0 Å². The first-order chi connectivity index (χ1) is 9.04. The summed E-state index contributed by atoms with van der Waals surface area (Å²) in [5.41, 5.74) is 6.97. The molecule has 1 aromatic rings. The molecule has 0 bridgehead atoms. The fraction of sp³-hybridized carbons (Fsp3) is 0.571. The molecule has 5 nitrogen and oxygen atoms in total. The summed E-state index contributed by atoms with van der Waals surface area (Å²) in [5.74, 6) is 0.477. The second-order valence-corrected chi connectivity index (χ2v) is 5.04. The van der Waals surface area contributed by atoms with Gasteiger partial charge in [-0.3, -0.25) is 9.78 Å². The van der Waals surface area contributed by atoms with E-state index in [0.717, 1.165) is 31.6 Å². The third-order valence-electron chi connectivity index (χ3n) is 2.99. The Morgan fingerprint density at radius 3 is 2.89 bits per heavy atom. The monoisotopic (exact) mass is 264 g/mol. The van der Waals surface area contributed by atoms with Crippen LogP contribution in [0.5, 0.6) is 0 Å². The second kappa shape index (κ2) is 7.74. The Balaban J connectivity index is 2.47. The van der Waals surface area contributed by atoms with Crippen LogP contribution in [-0.2, 0) is 0 Å². The highest BCUT2D eigenvalue weighted by atomic mass is 16.2. The number of aromatic nitrogens is 1. The minimum Gasteiger partial charge on any atom is -0.385 e. The predicted octanol–water partition coefficient (Wildman–Crippen LogP) is 1.57. The molecule has 106 valence electrons. The van der Waals surface area contributed by atoms with Gasteiger partial charge in [0.1, 0.15) is 5.69 Å². The summed E-state index contributed by atoms with van der Waals surface area (Å²) in [7, 11) is 3.44. The van der Waals surface area contributed by atoms with Crippen LogP contribution in [-0.4, -0.2) is 43.0 Å². The van der Waals surface area contributed by atoms with Crippen molar-refractivity contribution >= 4 is 11.6 Å². The molecule has 0 fully saturated rings. The van der Waals surface area contributed by atoms with E-state index in [9.17, 15) is 4.79 Å². The number of hydrogen-bond donors (Lipinski definition) is 2. The zero-order chi connectivity index (χ0) is 14.3. The first-order valence-corrected chi connectivity index (χ1v) is 6.66. The van der Waals surface area contributed by atoms with Gasteiger partial charge in [-0.05, 0) is 37.4 Å². The summed E-state index contributed by atoms with van der Waals surface area (Å²) < 4.78 is 0. The lowest BCUT2D eigenvalue weighted by Gasteiger charge is -2.12. The van der Waals surface area contributed by atoms with Crippen LogP contribution in [0.4, 0.5) is 5.69 Å². The predicted molar refractivity (Wildman–Crippen MR) is 78.2 cm³/mol. The quantitative estimate of drug-likeness (QED) is 0.733. The van der Waals surface area contributed by atoms with Gasteiger partial charge in [-0.2, -0.15) is 0 Å². The van der Waals surface area contributed by atoms with Crippen molar-refractivity contribution in [1.29, 1.82) is 0 Å². The SMILES string of the molecule is CC(CN)CCCNc1ccnc(C(=O)N(C)C)c1. The van der Waals surface area contributed by atoms with Crippen LogP contribution in [0.15, 0.2) is 18.3 Å². The molecule has 1 heterocycles. The van der Waals surface area contributed by atoms with Crippen LogP contribution in [0, 0.1) is 5.92 Å². The van der Waals surface area contributed by atoms with E-state index in [1.165, 1.54) is 4.90 Å². The molecule has 19 heavy (non-hydrogen) atoms. The first-order valence-electron chi connectivity index (χ1n) is 6.66. The van der Waals surface area contributed by atoms with E-state index in [0.29, 0.717) is 11.6 Å². The number of nitrogens with two attached hydrogens (primary N) is 1. The van der Waals surface area contributed by atoms with E-state index >= 15 is 0 Å². The van der Waals surface area contributed by atoms with E-state index in [4.69, 9.17) is 5.73 Å². The number of carbonyl (C=O) groups is 1. The van der Waals surface area contributed by atoms with E-state index in [2.05, 4.69) is 17.2 Å². The average Bonchev–Trinajstić information content (AvgIpc) is 2.42. The van der Waals surface area contributed by atoms with E-state index in [-0.39, 0.29) is 5.91 Å². The number of nitrogens with one attached hydrogen (secondary N) is 1. The Kier molecular flexibility index (Phi) is 6.29. The molecule has 0 spiro atoms. The standard InChI is InChI=1S/C14H24N4O/c1-11(10-15)5-4-7-16-12-6-8-17-13(9-12)14(19)18(2)3/h6,8-9,11H,4-5,7,10,15H2,1-3H3,(H,16,17). The van der Waals surface area contributed by atoms with E-state index in [1.807, 2.05) is 6.07 Å². The summed E-state index contributed by atoms with van der Waals surface area (Å²) in [4.78, 5) is 17.4. The Hall–Kier alpha value is -1.62. The fourth-order valence-corrected chi connectivity index (χ4v) is 1.69. The summed E-state index contributed by atoms with van der Waals surface area (Å²) in [6, 6.07) is 3.66. The Morgan fingerprint density at radius 2 is 2.26 bits per heavy atom. The van der Waals surface area contributed by atoms with E-state index < -0.39 is 0 Å². The zero-order valence-electron chi connectivity index (χ0n) is 12.0. The van der Waals surface area contributed by atoms with Gasteiger partial charge in [-0.25, -0.2) is 0 Å². The highest BCUT2D eigenvalue weighted by Gasteiger charge is 2.09. The van der Waals surface area contributed by atoms with Crippen LogP contribution in [0.1, 0.15) is 30.3 Å². The molecule has 5 heteroatoms. The van der Waals surface area contributed by atoms with Crippen molar-refractivity contribution in [3.05, 3.63) is 24.0 Å². The van der Waals surface area contributed by atoms with Crippen molar-refractivity contribution < 1.29 is 4.79 Å². The molecule has 0 saturated heterocycles. The maximum absolute atomic E-state index is 11.8. The summed E-state index contributed by atoms with van der Waals surface area (Å²) >= 11 is 0. The van der Waals surface area contributed by atoms with Gasteiger partial charge in [0, 0.05) is 32.5 Å². The fourth-order valence-electron chi connectivity index (χ4n) is 1.69. The molecule has 0 saturated carbocycles. The van der Waals surface area contributed by atoms with Crippen molar-refractivity contribution in [2.45, 2.75) is 19.8 Å². The lowest BCUT2D eigenvalue weighted by atomic mass is 10.1. The summed E-state index contributed by atoms with van der Waals surface area (Å²) in [6.45, 7) is 3.76. The maximum Gasteiger partial charge on any atom is 0.272 e. The number of hydrogen-bond acceptors (Lipinski definition) is 4. The second-order valence-electron chi connectivity index (χ2n) is 5.04. The Labute approximate surface area is 115 Å². The minimum absolute atomic E-state index is 0.0830. The van der Waals surface area contributed by atoms with Gasteiger partial charge in [-0.1, -0.05) is 6.92 Å². The molecular formula is C14H24N4O. The number of anilines is 1. The number of pyridine rings is 1. The molecular weight excluding hydrogens is 240 g/mol. The van der Waals surface area contributed by atoms with E-state index in [1.54, 1.807) is 26.4 Å². The van der Waals surface area contributed by atoms with Crippen LogP contribution in [0.3, 0.4) is 0 Å². The van der Waals surface area contributed by atoms with Crippen LogP contribution in [0.25, 0.3) is 0 Å². The van der Waals surface area contributed by atoms with Gasteiger partial charge in [0.15, 0.2) is 0 Å². The van der Waals surface area contributed by atoms with Crippen molar-refractivity contribution in [1.82, 2.24) is 9.88 Å². The molecule has 0 radical (unpaired) electrons. The lowest BCUT2D eigenvalue weighted by Crippen LogP contribution is -2.22. The van der Waals surface area contributed by atoms with Gasteiger partial charge in [-0.15, -0.1) is 0 Å². The number of rotatable bonds is 7. The highest BCUT2D eigenvalue weighted by Crippen LogP contribution is 2.10. The molecule has 3 N–H and O–H groups in total. The third kappa shape index (κ3) is 5.26. The van der Waals surface area contributed by atoms with Crippen LogP contribution in [0.2, 0.25) is 0 Å². The molecule has 0 aromatic carbocycles. The molecule has 0 aliphatic carbocycles. The van der Waals surface area contributed by atoms with Crippen molar-refractivity contribution in [2.24, 2.45) is 11.7 Å². The Morgan fingerprint density at radius 1 is 1.53 bits per heavy atom. The van der Waals surface area contributed by atoms with Crippen LogP contribution >= 0.6 is 0 Å². The number of nitrogens with zero attached hydrogens (tertiary/aromatic N) is 2. The smallest absolute Gasteiger partial charge is 0.272 e. The Bertz CT molecular complexity index is 406. The third-order valence-corrected chi connectivity index (χ3v) is 2.99. The molecule has 0 aliphatic heterocycles. The van der Waals surface area contributed by atoms with Gasteiger partial charge >= 0.3 is 0 Å². The number of carbonyl (C=O) groups excluding carboxylic acids is 1. The minimum atomic E-state index is -0.0830. The van der Waals surface area contributed by atoms with Gasteiger partial charge in [0.05, 0.1) is 0 Å². The molecule has 1 rings (SSSR count). The molecule has 0 aliphatic rings. The average molecular weight is 264 g/mol. The summed E-state index contributed by atoms with van der Waals surface area (Å²) in [5, 5.41) is 3.31. The van der Waals surface area contributed by atoms with Crippen molar-refractivity contribution in [2.75, 3.05) is 32.5 Å². The molecule has 1 amide bonds. The summed E-state index contributed by atoms with van der Waals surface area (Å²) in [6.07, 6.45) is 3.83. The highest BCUT2D eigenvalue weighted by molar-refractivity contribution is 5.92.